The van der Waals surface area contributed by atoms with Crippen molar-refractivity contribution in [1.29, 1.82) is 5.26 Å². The van der Waals surface area contributed by atoms with Gasteiger partial charge in [0, 0.05) is 5.56 Å². The third kappa shape index (κ3) is 4.06. The third-order valence-electron chi connectivity index (χ3n) is 3.82. The zero-order valence-corrected chi connectivity index (χ0v) is 16.1. The average molecular weight is 418 g/mol. The van der Waals surface area contributed by atoms with Crippen LogP contribution in [0, 0.1) is 17.1 Å². The van der Waals surface area contributed by atoms with Crippen molar-refractivity contribution >= 4 is 27.3 Å². The van der Waals surface area contributed by atoms with Crippen LogP contribution < -0.4 is 9.46 Å². The molecular formula is C19H13ClFN3O3S. The third-order valence-corrected chi connectivity index (χ3v) is 5.53. The minimum absolute atomic E-state index is 0.0624. The van der Waals surface area contributed by atoms with Gasteiger partial charge in [0.05, 0.1) is 28.4 Å². The van der Waals surface area contributed by atoms with E-state index in [4.69, 9.17) is 21.6 Å². The standard InChI is InChI=1S/C19H13ClFN3O3S/c1-27-13-3-5-14(6-4-13)28(25,26)24-12-2-7-15(16(20)10-12)18-9-8-17(21)19(11-22)23-18/h2-10,24H,1H3. The minimum atomic E-state index is -3.82. The Labute approximate surface area is 166 Å². The van der Waals surface area contributed by atoms with Gasteiger partial charge in [-0.05, 0) is 54.6 Å². The predicted molar refractivity (Wildman–Crippen MR) is 103 cm³/mol. The van der Waals surface area contributed by atoms with Crippen molar-refractivity contribution in [2.24, 2.45) is 0 Å². The number of sulfonamides is 1. The first-order chi connectivity index (χ1) is 13.3. The van der Waals surface area contributed by atoms with Crippen LogP contribution in [0.5, 0.6) is 5.75 Å². The van der Waals surface area contributed by atoms with Crippen LogP contribution in [0.4, 0.5) is 10.1 Å². The lowest BCUT2D eigenvalue weighted by Crippen LogP contribution is -2.12. The molecule has 0 aliphatic carbocycles. The van der Waals surface area contributed by atoms with Crippen molar-refractivity contribution in [3.05, 3.63) is 71.1 Å². The number of nitrogens with one attached hydrogen (secondary N) is 1. The summed E-state index contributed by atoms with van der Waals surface area (Å²) < 4.78 is 45.9. The van der Waals surface area contributed by atoms with E-state index in [0.29, 0.717) is 17.0 Å². The summed E-state index contributed by atoms with van der Waals surface area (Å²) in [6.07, 6.45) is 0. The Bertz CT molecular complexity index is 1180. The highest BCUT2D eigenvalue weighted by Gasteiger charge is 2.16. The lowest BCUT2D eigenvalue weighted by molar-refractivity contribution is 0.414. The molecule has 0 radical (unpaired) electrons. The van der Waals surface area contributed by atoms with E-state index in [1.807, 2.05) is 0 Å². The number of anilines is 1. The van der Waals surface area contributed by atoms with Crippen molar-refractivity contribution < 1.29 is 17.5 Å². The highest BCUT2D eigenvalue weighted by atomic mass is 35.5. The molecular weight excluding hydrogens is 405 g/mol. The van der Waals surface area contributed by atoms with Gasteiger partial charge in [-0.3, -0.25) is 4.72 Å². The second kappa shape index (κ2) is 7.84. The van der Waals surface area contributed by atoms with E-state index in [1.165, 1.54) is 55.6 Å². The first-order valence-electron chi connectivity index (χ1n) is 7.87. The van der Waals surface area contributed by atoms with Gasteiger partial charge in [-0.25, -0.2) is 17.8 Å². The Morgan fingerprint density at radius 1 is 1.14 bits per heavy atom. The number of halogens is 2. The van der Waals surface area contributed by atoms with Crippen molar-refractivity contribution in [1.82, 2.24) is 4.98 Å². The Morgan fingerprint density at radius 3 is 2.46 bits per heavy atom. The van der Waals surface area contributed by atoms with E-state index >= 15 is 0 Å². The van der Waals surface area contributed by atoms with Gasteiger partial charge < -0.3 is 4.74 Å². The van der Waals surface area contributed by atoms with Crippen LogP contribution >= 0.6 is 11.6 Å². The van der Waals surface area contributed by atoms with Gasteiger partial charge in [-0.15, -0.1) is 0 Å². The predicted octanol–water partition coefficient (Wildman–Crippen LogP) is 4.22. The zero-order valence-electron chi connectivity index (χ0n) is 14.5. The van der Waals surface area contributed by atoms with E-state index in [0.717, 1.165) is 6.07 Å². The molecule has 1 heterocycles. The molecule has 0 saturated carbocycles. The fourth-order valence-electron chi connectivity index (χ4n) is 2.43. The van der Waals surface area contributed by atoms with Crippen LogP contribution in [0.25, 0.3) is 11.3 Å². The van der Waals surface area contributed by atoms with Crippen molar-refractivity contribution in [3.8, 4) is 23.1 Å². The zero-order chi connectivity index (χ0) is 20.3. The number of hydrogen-bond donors (Lipinski definition) is 1. The molecule has 6 nitrogen and oxygen atoms in total. The second-order valence-corrected chi connectivity index (χ2v) is 7.70. The molecule has 0 unspecified atom stereocenters. The van der Waals surface area contributed by atoms with Gasteiger partial charge in [-0.1, -0.05) is 11.6 Å². The van der Waals surface area contributed by atoms with Crippen molar-refractivity contribution in [2.75, 3.05) is 11.8 Å². The molecule has 1 aromatic heterocycles. The summed E-state index contributed by atoms with van der Waals surface area (Å²) >= 11 is 6.25. The number of pyridine rings is 1. The number of benzene rings is 2. The van der Waals surface area contributed by atoms with Crippen LogP contribution in [-0.2, 0) is 10.0 Å². The molecule has 9 heteroatoms. The summed E-state index contributed by atoms with van der Waals surface area (Å²) in [5, 5.41) is 9.09. The summed E-state index contributed by atoms with van der Waals surface area (Å²) in [4.78, 5) is 3.98. The Balaban J connectivity index is 1.89. The highest BCUT2D eigenvalue weighted by molar-refractivity contribution is 7.92. The lowest BCUT2D eigenvalue weighted by atomic mass is 10.1. The SMILES string of the molecule is COc1ccc(S(=O)(=O)Nc2ccc(-c3ccc(F)c(C#N)n3)c(Cl)c2)cc1. The van der Waals surface area contributed by atoms with Gasteiger partial charge in [0.25, 0.3) is 10.0 Å². The number of ether oxygens (including phenoxy) is 1. The maximum atomic E-state index is 13.4. The van der Waals surface area contributed by atoms with Gasteiger partial charge in [-0.2, -0.15) is 5.26 Å². The molecule has 1 N–H and O–H groups in total. The van der Waals surface area contributed by atoms with Gasteiger partial charge >= 0.3 is 0 Å². The number of methoxy groups -OCH3 is 1. The van der Waals surface area contributed by atoms with Crippen LogP contribution in [0.15, 0.2) is 59.5 Å². The summed E-state index contributed by atoms with van der Waals surface area (Å²) in [7, 11) is -2.33. The Hall–Kier alpha value is -3.15. The van der Waals surface area contributed by atoms with Crippen molar-refractivity contribution in [2.45, 2.75) is 4.90 Å². The monoisotopic (exact) mass is 417 g/mol. The smallest absolute Gasteiger partial charge is 0.261 e. The first-order valence-corrected chi connectivity index (χ1v) is 9.73. The number of nitrogens with zero attached hydrogens (tertiary/aromatic N) is 2. The molecule has 3 aromatic rings. The molecule has 0 saturated heterocycles. The van der Waals surface area contributed by atoms with Gasteiger partial charge in [0.2, 0.25) is 0 Å². The fourth-order valence-corrected chi connectivity index (χ4v) is 3.75. The molecule has 2 aromatic carbocycles. The number of nitriles is 1. The lowest BCUT2D eigenvalue weighted by Gasteiger charge is -2.11. The Kier molecular flexibility index (Phi) is 5.49. The highest BCUT2D eigenvalue weighted by Crippen LogP contribution is 2.30. The van der Waals surface area contributed by atoms with Crippen LogP contribution in [0.1, 0.15) is 5.69 Å². The summed E-state index contributed by atoms with van der Waals surface area (Å²) in [6.45, 7) is 0. The molecule has 0 aliphatic rings. The normalized spacial score (nSPS) is 10.9. The number of hydrogen-bond acceptors (Lipinski definition) is 5. The van der Waals surface area contributed by atoms with Crippen molar-refractivity contribution in [3.63, 3.8) is 0 Å². The van der Waals surface area contributed by atoms with Gasteiger partial charge in [0.1, 0.15) is 11.8 Å². The largest absolute Gasteiger partial charge is 0.497 e. The van der Waals surface area contributed by atoms with E-state index < -0.39 is 15.8 Å². The first kappa shape index (κ1) is 19.6. The molecule has 142 valence electrons. The molecule has 0 aliphatic heterocycles. The van der Waals surface area contributed by atoms with E-state index in [9.17, 15) is 12.8 Å². The minimum Gasteiger partial charge on any atom is -0.497 e. The maximum absolute atomic E-state index is 13.4. The number of rotatable bonds is 5. The Morgan fingerprint density at radius 2 is 1.86 bits per heavy atom. The molecule has 0 amide bonds. The maximum Gasteiger partial charge on any atom is 0.261 e. The van der Waals surface area contributed by atoms with E-state index in [2.05, 4.69) is 9.71 Å². The van der Waals surface area contributed by atoms with Gasteiger partial charge in [0.15, 0.2) is 11.5 Å². The summed E-state index contributed by atoms with van der Waals surface area (Å²) in [6, 6.07) is 14.5. The summed E-state index contributed by atoms with van der Waals surface area (Å²) in [5.41, 5.74) is 0.628. The van der Waals surface area contributed by atoms with Crippen LogP contribution in [0.2, 0.25) is 5.02 Å². The van der Waals surface area contributed by atoms with E-state index in [-0.39, 0.29) is 21.3 Å². The molecule has 0 fully saturated rings. The second-order valence-electron chi connectivity index (χ2n) is 5.61. The molecule has 0 spiro atoms. The summed E-state index contributed by atoms with van der Waals surface area (Å²) in [5.74, 6) is -0.193. The molecule has 3 rings (SSSR count). The van der Waals surface area contributed by atoms with Crippen LogP contribution in [0.3, 0.4) is 0 Å². The quantitative estimate of drug-likeness (QED) is 0.670. The number of aromatic nitrogens is 1. The average Bonchev–Trinajstić information content (AvgIpc) is 2.68. The fraction of sp³-hybridized carbons (Fsp3) is 0.0526. The van der Waals surface area contributed by atoms with Crippen LogP contribution in [-0.4, -0.2) is 20.5 Å². The topological polar surface area (TPSA) is 92.1 Å². The molecule has 28 heavy (non-hydrogen) atoms. The molecule has 0 bridgehead atoms. The molecule has 0 atom stereocenters. The van der Waals surface area contributed by atoms with E-state index in [1.54, 1.807) is 6.07 Å².